The molecule has 1 aromatic rings. The predicted molar refractivity (Wildman–Crippen MR) is 53.8 cm³/mol. The van der Waals surface area contributed by atoms with Gasteiger partial charge < -0.3 is 0 Å². The third kappa shape index (κ3) is 1.98. The first-order valence-electron chi connectivity index (χ1n) is 3.78. The second-order valence-corrected chi connectivity index (χ2v) is 2.94. The number of Topliss-reactive ketones (excluding diaryl/α,β-unsaturated/α-hetero) is 1. The molecule has 0 saturated carbocycles. The zero-order valence-electron chi connectivity index (χ0n) is 6.91. The van der Waals surface area contributed by atoms with Crippen molar-refractivity contribution in [2.24, 2.45) is 0 Å². The smallest absolute Gasteiger partial charge is 0.167 e. The largest absolute Gasteiger partial charge is 0.294 e. The van der Waals surface area contributed by atoms with Gasteiger partial charge in [0.2, 0.25) is 0 Å². The molecule has 1 aromatic carbocycles. The fourth-order valence-corrected chi connectivity index (χ4v) is 1.22. The van der Waals surface area contributed by atoms with Crippen LogP contribution >= 0.6 is 12.2 Å². The maximum Gasteiger partial charge on any atom is 0.167 e. The van der Waals surface area contributed by atoms with Gasteiger partial charge in [-0.1, -0.05) is 36.5 Å². The zero-order chi connectivity index (χ0) is 8.97. The number of thiocarbonyl (C=S) groups is 1. The van der Waals surface area contributed by atoms with E-state index >= 15 is 0 Å². The number of ketones is 1. The van der Waals surface area contributed by atoms with E-state index in [0.717, 1.165) is 11.1 Å². The molecule has 1 nitrogen and oxygen atoms in total. The van der Waals surface area contributed by atoms with Gasteiger partial charge in [-0.05, 0) is 17.9 Å². The molecule has 0 aliphatic heterocycles. The summed E-state index contributed by atoms with van der Waals surface area (Å²) in [5.41, 5.74) is 1.79. The molecule has 0 unspecified atom stereocenters. The predicted octanol–water partition coefficient (Wildman–Crippen LogP) is 2.57. The second-order valence-electron chi connectivity index (χ2n) is 2.61. The molecule has 0 radical (unpaired) electrons. The third-order valence-corrected chi connectivity index (χ3v) is 1.88. The first-order chi connectivity index (χ1) is 5.75. The Bertz CT molecular complexity index is 304. The van der Waals surface area contributed by atoms with E-state index in [9.17, 15) is 4.79 Å². The summed E-state index contributed by atoms with van der Waals surface area (Å²) < 4.78 is 0. The van der Waals surface area contributed by atoms with Crippen molar-refractivity contribution in [3.05, 3.63) is 35.4 Å². The summed E-state index contributed by atoms with van der Waals surface area (Å²) in [6, 6.07) is 7.54. The van der Waals surface area contributed by atoms with Crippen molar-refractivity contribution in [3.8, 4) is 0 Å². The lowest BCUT2D eigenvalue weighted by atomic mass is 10.0. The molecule has 0 spiro atoms. The van der Waals surface area contributed by atoms with Gasteiger partial charge in [-0.2, -0.15) is 0 Å². The first kappa shape index (κ1) is 9.07. The van der Waals surface area contributed by atoms with Crippen molar-refractivity contribution < 1.29 is 4.79 Å². The lowest BCUT2D eigenvalue weighted by Crippen LogP contribution is -2.00. The van der Waals surface area contributed by atoms with E-state index in [1.165, 1.54) is 5.37 Å². The molecule has 0 N–H and O–H groups in total. The van der Waals surface area contributed by atoms with Crippen LogP contribution in [-0.4, -0.2) is 11.2 Å². The lowest BCUT2D eigenvalue weighted by Gasteiger charge is -2.00. The van der Waals surface area contributed by atoms with Crippen molar-refractivity contribution in [3.63, 3.8) is 0 Å². The van der Waals surface area contributed by atoms with E-state index < -0.39 is 0 Å². The molecule has 0 fully saturated rings. The Morgan fingerprint density at radius 1 is 1.50 bits per heavy atom. The molecule has 0 aromatic heterocycles. The molecule has 12 heavy (non-hydrogen) atoms. The Morgan fingerprint density at radius 3 is 2.75 bits per heavy atom. The van der Waals surface area contributed by atoms with E-state index in [1.807, 2.05) is 31.2 Å². The molecular formula is C10H10OS. The number of hydrogen-bond donors (Lipinski definition) is 0. The van der Waals surface area contributed by atoms with Crippen LogP contribution in [0.4, 0.5) is 0 Å². The van der Waals surface area contributed by atoms with Crippen molar-refractivity contribution in [2.75, 3.05) is 0 Å². The van der Waals surface area contributed by atoms with Gasteiger partial charge in [0.1, 0.15) is 0 Å². The summed E-state index contributed by atoms with van der Waals surface area (Å²) in [4.78, 5) is 11.4. The van der Waals surface area contributed by atoms with Crippen LogP contribution in [0.5, 0.6) is 0 Å². The maximum atomic E-state index is 11.4. The monoisotopic (exact) mass is 178 g/mol. The van der Waals surface area contributed by atoms with Crippen molar-refractivity contribution >= 4 is 23.4 Å². The fourth-order valence-electron chi connectivity index (χ4n) is 1.07. The highest BCUT2D eigenvalue weighted by Gasteiger charge is 2.05. The molecule has 0 bridgehead atoms. The van der Waals surface area contributed by atoms with Crippen molar-refractivity contribution in [2.45, 2.75) is 13.3 Å². The summed E-state index contributed by atoms with van der Waals surface area (Å²) in [6.07, 6.45) is 0.347. The van der Waals surface area contributed by atoms with Gasteiger partial charge in [-0.15, -0.1) is 0 Å². The highest BCUT2D eigenvalue weighted by atomic mass is 32.1. The fraction of sp³-hybridized carbons (Fsp3) is 0.200. The van der Waals surface area contributed by atoms with Crippen LogP contribution in [0.25, 0.3) is 0 Å². The molecule has 0 aliphatic carbocycles. The molecule has 0 heterocycles. The minimum absolute atomic E-state index is 0.100. The van der Waals surface area contributed by atoms with Gasteiger partial charge in [0.05, 0.1) is 0 Å². The second kappa shape index (κ2) is 4.12. The van der Waals surface area contributed by atoms with Crippen molar-refractivity contribution in [1.82, 2.24) is 0 Å². The van der Waals surface area contributed by atoms with E-state index in [4.69, 9.17) is 0 Å². The quantitative estimate of drug-likeness (QED) is 0.522. The highest BCUT2D eigenvalue weighted by molar-refractivity contribution is 7.79. The normalized spacial score (nSPS) is 9.42. The van der Waals surface area contributed by atoms with Crippen LogP contribution in [0, 0.1) is 6.92 Å². The van der Waals surface area contributed by atoms with Gasteiger partial charge in [0.15, 0.2) is 5.78 Å². The van der Waals surface area contributed by atoms with Gasteiger partial charge in [0, 0.05) is 12.0 Å². The average molecular weight is 178 g/mol. The van der Waals surface area contributed by atoms with E-state index in [1.54, 1.807) is 0 Å². The Kier molecular flexibility index (Phi) is 3.11. The summed E-state index contributed by atoms with van der Waals surface area (Å²) >= 11 is 4.63. The molecule has 1 rings (SSSR count). The SMILES string of the molecule is Cc1ccccc1C(=O)CC=S. The van der Waals surface area contributed by atoms with Gasteiger partial charge in [-0.3, -0.25) is 4.79 Å². The Morgan fingerprint density at radius 2 is 2.17 bits per heavy atom. The zero-order valence-corrected chi connectivity index (χ0v) is 7.73. The van der Waals surface area contributed by atoms with Crippen molar-refractivity contribution in [1.29, 1.82) is 0 Å². The molecule has 0 atom stereocenters. The van der Waals surface area contributed by atoms with Gasteiger partial charge in [0.25, 0.3) is 0 Å². The summed E-state index contributed by atoms with van der Waals surface area (Å²) in [6.45, 7) is 1.93. The molecule has 0 amide bonds. The third-order valence-electron chi connectivity index (χ3n) is 1.71. The standard InChI is InChI=1S/C10H10OS/c1-8-4-2-3-5-9(8)10(11)6-7-12/h2-5,7H,6H2,1H3. The Hall–Kier alpha value is -1.02. The van der Waals surface area contributed by atoms with Crippen LogP contribution in [0.15, 0.2) is 24.3 Å². The van der Waals surface area contributed by atoms with Crippen LogP contribution in [0.3, 0.4) is 0 Å². The molecular weight excluding hydrogens is 168 g/mol. The van der Waals surface area contributed by atoms with Crippen LogP contribution < -0.4 is 0 Å². The van der Waals surface area contributed by atoms with E-state index in [2.05, 4.69) is 12.2 Å². The first-order valence-corrected chi connectivity index (χ1v) is 4.25. The number of carbonyl (C=O) groups excluding carboxylic acids is 1. The van der Waals surface area contributed by atoms with Gasteiger partial charge in [-0.25, -0.2) is 0 Å². The average Bonchev–Trinajstić information content (AvgIpc) is 2.05. The van der Waals surface area contributed by atoms with E-state index in [0.29, 0.717) is 6.42 Å². The number of rotatable bonds is 3. The maximum absolute atomic E-state index is 11.4. The summed E-state index contributed by atoms with van der Waals surface area (Å²) in [5.74, 6) is 0.100. The van der Waals surface area contributed by atoms with Crippen LogP contribution in [0.1, 0.15) is 22.3 Å². The number of hydrogen-bond acceptors (Lipinski definition) is 2. The number of aryl methyl sites for hydroxylation is 1. The minimum atomic E-state index is 0.100. The Labute approximate surface area is 77.4 Å². The molecule has 62 valence electrons. The minimum Gasteiger partial charge on any atom is -0.294 e. The summed E-state index contributed by atoms with van der Waals surface area (Å²) in [5, 5.41) is 1.47. The van der Waals surface area contributed by atoms with Crippen LogP contribution in [-0.2, 0) is 0 Å². The van der Waals surface area contributed by atoms with E-state index in [-0.39, 0.29) is 5.78 Å². The topological polar surface area (TPSA) is 17.1 Å². The molecule has 2 heteroatoms. The number of carbonyl (C=O) groups is 1. The Balaban J connectivity index is 2.94. The van der Waals surface area contributed by atoms with Crippen LogP contribution in [0.2, 0.25) is 0 Å². The highest BCUT2D eigenvalue weighted by Crippen LogP contribution is 2.08. The lowest BCUT2D eigenvalue weighted by molar-refractivity contribution is 0.100. The van der Waals surface area contributed by atoms with Gasteiger partial charge >= 0.3 is 0 Å². The summed E-state index contributed by atoms with van der Waals surface area (Å²) in [7, 11) is 0. The molecule has 0 saturated heterocycles. The molecule has 0 aliphatic rings. The number of benzene rings is 1.